The van der Waals surface area contributed by atoms with Crippen molar-refractivity contribution in [3.05, 3.63) is 81.1 Å². The standard InChI is InChI=1S/C25H24ClN3O2S2/c26-19-5-2-1-4-18(19)23-20(30)14-25(29(32)24(23)31,17-11-13-33-15-17)21-6-3-7-22(28-21)27-12-10-16-8-9-16/h1-7,11,13,15-16,23,32H,8-10,12,14H2,(H,27,28). The van der Waals surface area contributed by atoms with Crippen LogP contribution >= 0.6 is 35.8 Å². The molecular weight excluding hydrogens is 474 g/mol. The summed E-state index contributed by atoms with van der Waals surface area (Å²) in [4.78, 5) is 32.0. The normalized spacial score (nSPS) is 23.1. The Hall–Kier alpha value is -2.35. The molecule has 3 aromatic rings. The molecule has 2 fully saturated rings. The van der Waals surface area contributed by atoms with Gasteiger partial charge >= 0.3 is 0 Å². The van der Waals surface area contributed by atoms with Gasteiger partial charge in [0.25, 0.3) is 0 Å². The van der Waals surface area contributed by atoms with Crippen LogP contribution in [0.4, 0.5) is 5.82 Å². The maximum Gasteiger partial charge on any atom is 0.248 e. The molecule has 3 heterocycles. The number of ketones is 1. The summed E-state index contributed by atoms with van der Waals surface area (Å²) in [5.41, 5.74) is 0.857. The molecule has 1 N–H and O–H groups in total. The number of pyridine rings is 1. The lowest BCUT2D eigenvalue weighted by Crippen LogP contribution is -2.54. The number of benzene rings is 1. The van der Waals surface area contributed by atoms with Crippen LogP contribution in [0.3, 0.4) is 0 Å². The first-order chi connectivity index (χ1) is 16.0. The van der Waals surface area contributed by atoms with E-state index >= 15 is 0 Å². The van der Waals surface area contributed by atoms with Crippen molar-refractivity contribution >= 4 is 53.3 Å². The van der Waals surface area contributed by atoms with Crippen molar-refractivity contribution in [3.8, 4) is 0 Å². The quantitative estimate of drug-likeness (QED) is 0.325. The maximum absolute atomic E-state index is 13.6. The highest BCUT2D eigenvalue weighted by atomic mass is 35.5. The second-order valence-electron chi connectivity index (χ2n) is 8.69. The topological polar surface area (TPSA) is 62.3 Å². The number of carbonyl (C=O) groups is 2. The predicted molar refractivity (Wildman–Crippen MR) is 135 cm³/mol. The fourth-order valence-electron chi connectivity index (χ4n) is 4.54. The minimum absolute atomic E-state index is 0.0629. The molecule has 2 unspecified atom stereocenters. The van der Waals surface area contributed by atoms with Crippen LogP contribution < -0.4 is 5.32 Å². The number of aromatic nitrogens is 1. The maximum atomic E-state index is 13.6. The highest BCUT2D eigenvalue weighted by Crippen LogP contribution is 2.48. The number of thiophene rings is 1. The molecule has 1 aliphatic heterocycles. The number of nitrogens with zero attached hydrogens (tertiary/aromatic N) is 2. The predicted octanol–water partition coefficient (Wildman–Crippen LogP) is 5.68. The summed E-state index contributed by atoms with van der Waals surface area (Å²) in [6.07, 6.45) is 3.80. The third-order valence-electron chi connectivity index (χ3n) is 6.51. The molecular formula is C25H24ClN3O2S2. The van der Waals surface area contributed by atoms with Crippen LogP contribution in [0, 0.1) is 5.92 Å². The zero-order chi connectivity index (χ0) is 23.0. The highest BCUT2D eigenvalue weighted by molar-refractivity contribution is 7.78. The number of carbonyl (C=O) groups excluding carboxylic acids is 2. The number of hydrogen-bond donors (Lipinski definition) is 2. The Morgan fingerprint density at radius 2 is 1.97 bits per heavy atom. The molecule has 8 heteroatoms. The molecule has 1 saturated heterocycles. The second kappa shape index (κ2) is 9.12. The van der Waals surface area contributed by atoms with Gasteiger partial charge in [-0.2, -0.15) is 11.3 Å². The van der Waals surface area contributed by atoms with Gasteiger partial charge in [0.1, 0.15) is 17.3 Å². The Labute approximate surface area is 207 Å². The summed E-state index contributed by atoms with van der Waals surface area (Å²) in [5.74, 6) is -0.0252. The van der Waals surface area contributed by atoms with E-state index in [0.717, 1.165) is 30.3 Å². The Balaban J connectivity index is 1.53. The van der Waals surface area contributed by atoms with Gasteiger partial charge in [0, 0.05) is 18.0 Å². The van der Waals surface area contributed by atoms with Gasteiger partial charge in [-0.05, 0) is 58.5 Å². The summed E-state index contributed by atoms with van der Waals surface area (Å²) in [7, 11) is 0. The fraction of sp³-hybridized carbons (Fsp3) is 0.320. The van der Waals surface area contributed by atoms with Gasteiger partial charge in [0.2, 0.25) is 5.91 Å². The van der Waals surface area contributed by atoms with Crippen LogP contribution in [0.1, 0.15) is 48.4 Å². The Bertz CT molecular complexity index is 1180. The number of piperidine rings is 1. The zero-order valence-electron chi connectivity index (χ0n) is 17.9. The molecule has 0 bridgehead atoms. The smallest absolute Gasteiger partial charge is 0.248 e. The van der Waals surface area contributed by atoms with E-state index in [1.54, 1.807) is 24.3 Å². The number of amides is 1. The highest BCUT2D eigenvalue weighted by Gasteiger charge is 2.53. The van der Waals surface area contributed by atoms with Gasteiger partial charge in [-0.15, -0.1) is 0 Å². The molecule has 0 radical (unpaired) electrons. The first-order valence-electron chi connectivity index (χ1n) is 11.0. The molecule has 0 spiro atoms. The van der Waals surface area contributed by atoms with Gasteiger partial charge < -0.3 is 5.32 Å². The van der Waals surface area contributed by atoms with E-state index in [1.807, 2.05) is 35.0 Å². The third-order valence-corrected chi connectivity index (χ3v) is 8.08. The van der Waals surface area contributed by atoms with Crippen molar-refractivity contribution in [1.82, 2.24) is 9.29 Å². The van der Waals surface area contributed by atoms with Gasteiger partial charge in [0.05, 0.1) is 5.69 Å². The molecule has 2 atom stereocenters. The average molecular weight is 498 g/mol. The van der Waals surface area contributed by atoms with Crippen molar-refractivity contribution in [1.29, 1.82) is 0 Å². The minimum atomic E-state index is -1.09. The summed E-state index contributed by atoms with van der Waals surface area (Å²) in [6, 6.07) is 14.6. The van der Waals surface area contributed by atoms with Crippen molar-refractivity contribution in [2.75, 3.05) is 11.9 Å². The lowest BCUT2D eigenvalue weighted by atomic mass is 9.75. The fourth-order valence-corrected chi connectivity index (χ4v) is 5.91. The van der Waals surface area contributed by atoms with E-state index in [9.17, 15) is 9.59 Å². The number of thiol groups is 1. The average Bonchev–Trinajstić information content (AvgIpc) is 3.47. The number of anilines is 1. The lowest BCUT2D eigenvalue weighted by Gasteiger charge is -2.45. The van der Waals surface area contributed by atoms with E-state index in [1.165, 1.54) is 28.5 Å². The number of nitrogens with one attached hydrogen (secondary N) is 1. The van der Waals surface area contributed by atoms with Crippen LogP contribution in [0.25, 0.3) is 0 Å². The summed E-state index contributed by atoms with van der Waals surface area (Å²) in [5, 5.41) is 7.68. The number of halogens is 1. The van der Waals surface area contributed by atoms with E-state index in [-0.39, 0.29) is 12.2 Å². The van der Waals surface area contributed by atoms with E-state index < -0.39 is 17.4 Å². The molecule has 33 heavy (non-hydrogen) atoms. The molecule has 1 saturated carbocycles. The van der Waals surface area contributed by atoms with E-state index in [4.69, 9.17) is 29.4 Å². The first kappa shape index (κ1) is 22.4. The Morgan fingerprint density at radius 1 is 1.15 bits per heavy atom. The Morgan fingerprint density at radius 3 is 2.70 bits per heavy atom. The minimum Gasteiger partial charge on any atom is -0.370 e. The molecule has 5 rings (SSSR count). The number of Topliss-reactive ketones (excluding diaryl/α,β-unsaturated/α-hetero) is 1. The Kier molecular flexibility index (Phi) is 6.20. The second-order valence-corrected chi connectivity index (χ2v) is 10.3. The van der Waals surface area contributed by atoms with Crippen LogP contribution in [-0.2, 0) is 15.1 Å². The van der Waals surface area contributed by atoms with Gasteiger partial charge in [-0.3, -0.25) is 13.9 Å². The SMILES string of the molecule is O=C1CC(c2ccsc2)(c2cccc(NCCC3CC3)n2)N(S)C(=O)C1c1ccccc1Cl. The monoisotopic (exact) mass is 497 g/mol. The number of rotatable bonds is 7. The van der Waals surface area contributed by atoms with Crippen LogP contribution in [0.2, 0.25) is 5.02 Å². The largest absolute Gasteiger partial charge is 0.370 e. The van der Waals surface area contributed by atoms with Crippen LogP contribution in [0.15, 0.2) is 59.3 Å². The third kappa shape index (κ3) is 4.18. The number of hydrogen-bond acceptors (Lipinski definition) is 6. The first-order valence-corrected chi connectivity index (χ1v) is 12.8. The molecule has 5 nitrogen and oxygen atoms in total. The van der Waals surface area contributed by atoms with Gasteiger partial charge in [-0.25, -0.2) is 4.98 Å². The van der Waals surface area contributed by atoms with Crippen molar-refractivity contribution in [3.63, 3.8) is 0 Å². The van der Waals surface area contributed by atoms with E-state index in [2.05, 4.69) is 5.32 Å². The molecule has 1 amide bonds. The lowest BCUT2D eigenvalue weighted by molar-refractivity contribution is -0.142. The van der Waals surface area contributed by atoms with Crippen molar-refractivity contribution in [2.45, 2.75) is 37.1 Å². The molecule has 2 aliphatic rings. The van der Waals surface area contributed by atoms with Crippen molar-refractivity contribution in [2.24, 2.45) is 5.92 Å². The summed E-state index contributed by atoms with van der Waals surface area (Å²) in [6.45, 7) is 0.851. The molecule has 170 valence electrons. The molecule has 1 aromatic carbocycles. The van der Waals surface area contributed by atoms with Gasteiger partial charge in [-0.1, -0.05) is 61.5 Å². The zero-order valence-corrected chi connectivity index (χ0v) is 20.4. The van der Waals surface area contributed by atoms with Crippen LogP contribution in [-0.4, -0.2) is 27.5 Å². The summed E-state index contributed by atoms with van der Waals surface area (Å²) >= 11 is 12.6. The van der Waals surface area contributed by atoms with Crippen molar-refractivity contribution < 1.29 is 9.59 Å². The van der Waals surface area contributed by atoms with Crippen LogP contribution in [0.5, 0.6) is 0 Å². The van der Waals surface area contributed by atoms with Gasteiger partial charge in [0.15, 0.2) is 5.78 Å². The summed E-state index contributed by atoms with van der Waals surface area (Å²) < 4.78 is 1.39. The molecule has 1 aliphatic carbocycles. The molecule has 2 aromatic heterocycles. The van der Waals surface area contributed by atoms with E-state index in [0.29, 0.717) is 16.3 Å².